The van der Waals surface area contributed by atoms with Gasteiger partial charge in [-0.1, -0.05) is 6.92 Å². The van der Waals surface area contributed by atoms with Gasteiger partial charge in [-0.15, -0.1) is 0 Å². The number of anilines is 1. The molecule has 1 heterocycles. The maximum atomic E-state index is 13.3. The van der Waals surface area contributed by atoms with E-state index in [1.54, 1.807) is 17.0 Å². The second-order valence-electron chi connectivity index (χ2n) is 8.17. The molecule has 0 spiro atoms. The molecule has 2 aromatic rings. The lowest BCUT2D eigenvalue weighted by molar-refractivity contribution is -0.123. The van der Waals surface area contributed by atoms with E-state index < -0.39 is 5.97 Å². The highest BCUT2D eigenvalue weighted by Gasteiger charge is 2.32. The van der Waals surface area contributed by atoms with E-state index in [9.17, 15) is 14.7 Å². The Balaban J connectivity index is 1.94. The quantitative estimate of drug-likeness (QED) is 0.733. The molecule has 0 unspecified atom stereocenters. The SMILES string of the molecule is CC1CCC(C(=O)N(c2ccc(Oc3nccnc3C#N)cc2C(=O)O)C(C)C)CC1. The largest absolute Gasteiger partial charge is 0.478 e. The van der Waals surface area contributed by atoms with Gasteiger partial charge in [0.25, 0.3) is 5.88 Å². The number of rotatable bonds is 6. The Bertz CT molecular complexity index is 1010. The zero-order valence-electron chi connectivity index (χ0n) is 17.9. The van der Waals surface area contributed by atoms with Crippen molar-refractivity contribution in [1.82, 2.24) is 9.97 Å². The Morgan fingerprint density at radius 1 is 1.19 bits per heavy atom. The highest BCUT2D eigenvalue weighted by molar-refractivity contribution is 6.03. The molecule has 1 aromatic carbocycles. The van der Waals surface area contributed by atoms with Crippen molar-refractivity contribution >= 4 is 17.6 Å². The number of amides is 1. The third-order valence-electron chi connectivity index (χ3n) is 5.56. The Morgan fingerprint density at radius 2 is 1.87 bits per heavy atom. The van der Waals surface area contributed by atoms with Gasteiger partial charge in [-0.05, 0) is 63.6 Å². The van der Waals surface area contributed by atoms with E-state index in [-0.39, 0.29) is 40.8 Å². The predicted octanol–water partition coefficient (Wildman–Crippen LogP) is 4.41. The summed E-state index contributed by atoms with van der Waals surface area (Å²) in [4.78, 5) is 34.8. The smallest absolute Gasteiger partial charge is 0.337 e. The summed E-state index contributed by atoms with van der Waals surface area (Å²) < 4.78 is 5.61. The molecule has 1 fully saturated rings. The second-order valence-corrected chi connectivity index (χ2v) is 8.17. The molecule has 1 aliphatic carbocycles. The number of carboxylic acid groups (broad SMARTS) is 1. The Hall–Kier alpha value is -3.47. The third-order valence-corrected chi connectivity index (χ3v) is 5.56. The van der Waals surface area contributed by atoms with Crippen molar-refractivity contribution in [2.24, 2.45) is 11.8 Å². The summed E-state index contributed by atoms with van der Waals surface area (Å²) in [6.45, 7) is 5.94. The van der Waals surface area contributed by atoms with Gasteiger partial charge in [-0.25, -0.2) is 14.8 Å². The standard InChI is InChI=1S/C23H26N4O4/c1-14(2)27(22(28)16-6-4-15(3)5-7-16)20-9-8-17(12-18(20)23(29)30)31-21-19(13-24)25-10-11-26-21/h8-12,14-16H,4-7H2,1-3H3,(H,29,30). The molecule has 1 aliphatic rings. The molecule has 1 amide bonds. The van der Waals surface area contributed by atoms with Gasteiger partial charge in [0.1, 0.15) is 11.8 Å². The first kappa shape index (κ1) is 22.2. The zero-order valence-corrected chi connectivity index (χ0v) is 17.9. The van der Waals surface area contributed by atoms with Crippen molar-refractivity contribution in [1.29, 1.82) is 5.26 Å². The molecule has 3 rings (SSSR count). The molecule has 1 saturated carbocycles. The number of ether oxygens (including phenoxy) is 1. The van der Waals surface area contributed by atoms with Crippen LogP contribution in [0.5, 0.6) is 11.6 Å². The first-order valence-electron chi connectivity index (χ1n) is 10.4. The first-order chi connectivity index (χ1) is 14.8. The van der Waals surface area contributed by atoms with E-state index in [2.05, 4.69) is 16.9 Å². The van der Waals surface area contributed by atoms with E-state index in [0.29, 0.717) is 11.6 Å². The van der Waals surface area contributed by atoms with Gasteiger partial charge in [-0.2, -0.15) is 5.26 Å². The number of carbonyl (C=O) groups is 2. The van der Waals surface area contributed by atoms with Crippen LogP contribution in [0, 0.1) is 23.2 Å². The lowest BCUT2D eigenvalue weighted by Gasteiger charge is -2.34. The molecule has 8 heteroatoms. The average molecular weight is 422 g/mol. The molecular weight excluding hydrogens is 396 g/mol. The fourth-order valence-electron chi connectivity index (χ4n) is 3.90. The summed E-state index contributed by atoms with van der Waals surface area (Å²) in [6, 6.07) is 6.17. The summed E-state index contributed by atoms with van der Waals surface area (Å²) in [5.41, 5.74) is 0.276. The van der Waals surface area contributed by atoms with E-state index in [1.807, 2.05) is 19.9 Å². The van der Waals surface area contributed by atoms with Gasteiger partial charge >= 0.3 is 5.97 Å². The molecular formula is C23H26N4O4. The normalized spacial score (nSPS) is 18.3. The Labute approximate surface area is 181 Å². The van der Waals surface area contributed by atoms with Crippen LogP contribution in [-0.2, 0) is 4.79 Å². The fourth-order valence-corrected chi connectivity index (χ4v) is 3.90. The molecule has 1 N–H and O–H groups in total. The minimum Gasteiger partial charge on any atom is -0.478 e. The molecule has 0 saturated heterocycles. The minimum atomic E-state index is -1.17. The third kappa shape index (κ3) is 5.00. The van der Waals surface area contributed by atoms with Crippen LogP contribution in [0.15, 0.2) is 30.6 Å². The highest BCUT2D eigenvalue weighted by Crippen LogP contribution is 2.34. The van der Waals surface area contributed by atoms with Crippen LogP contribution < -0.4 is 9.64 Å². The molecule has 0 radical (unpaired) electrons. The summed E-state index contributed by atoms with van der Waals surface area (Å²) in [5.74, 6) is -0.520. The molecule has 0 bridgehead atoms. The number of carboxylic acids is 1. The number of hydrogen-bond donors (Lipinski definition) is 1. The van der Waals surface area contributed by atoms with Gasteiger partial charge in [0.2, 0.25) is 11.6 Å². The van der Waals surface area contributed by atoms with E-state index in [0.717, 1.165) is 25.7 Å². The van der Waals surface area contributed by atoms with Crippen molar-refractivity contribution in [2.45, 2.75) is 52.5 Å². The zero-order chi connectivity index (χ0) is 22.5. The predicted molar refractivity (Wildman–Crippen MR) is 114 cm³/mol. The van der Waals surface area contributed by atoms with E-state index >= 15 is 0 Å². The minimum absolute atomic E-state index is 0.00559. The molecule has 162 valence electrons. The Kier molecular flexibility index (Phi) is 6.85. The maximum absolute atomic E-state index is 13.3. The van der Waals surface area contributed by atoms with Crippen LogP contribution in [0.25, 0.3) is 0 Å². The van der Waals surface area contributed by atoms with Gasteiger partial charge in [-0.3, -0.25) is 4.79 Å². The van der Waals surface area contributed by atoms with Crippen LogP contribution in [0.4, 0.5) is 5.69 Å². The van der Waals surface area contributed by atoms with Crippen LogP contribution in [0.3, 0.4) is 0 Å². The maximum Gasteiger partial charge on any atom is 0.337 e. The summed E-state index contributed by atoms with van der Waals surface area (Å²) in [6.07, 6.45) is 6.38. The first-order valence-corrected chi connectivity index (χ1v) is 10.4. The fraction of sp³-hybridized carbons (Fsp3) is 0.435. The lowest BCUT2D eigenvalue weighted by atomic mass is 9.82. The van der Waals surface area contributed by atoms with E-state index in [1.165, 1.54) is 18.5 Å². The number of benzene rings is 1. The number of nitrogens with zero attached hydrogens (tertiary/aromatic N) is 4. The molecule has 8 nitrogen and oxygen atoms in total. The van der Waals surface area contributed by atoms with E-state index in [4.69, 9.17) is 10.00 Å². The molecule has 0 aliphatic heterocycles. The van der Waals surface area contributed by atoms with Crippen LogP contribution >= 0.6 is 0 Å². The summed E-state index contributed by atoms with van der Waals surface area (Å²) >= 11 is 0. The molecule has 31 heavy (non-hydrogen) atoms. The van der Waals surface area contributed by atoms with Crippen molar-refractivity contribution in [3.05, 3.63) is 41.9 Å². The number of aromatic nitrogens is 2. The number of hydrogen-bond acceptors (Lipinski definition) is 6. The van der Waals surface area contributed by atoms with Gasteiger partial charge in [0, 0.05) is 24.4 Å². The molecule has 1 aromatic heterocycles. The van der Waals surface area contributed by atoms with Crippen LogP contribution in [0.1, 0.15) is 62.5 Å². The van der Waals surface area contributed by atoms with Crippen LogP contribution in [0.2, 0.25) is 0 Å². The topological polar surface area (TPSA) is 116 Å². The van der Waals surface area contributed by atoms with Crippen molar-refractivity contribution in [3.63, 3.8) is 0 Å². The monoisotopic (exact) mass is 422 g/mol. The van der Waals surface area contributed by atoms with Crippen molar-refractivity contribution < 1.29 is 19.4 Å². The van der Waals surface area contributed by atoms with Crippen molar-refractivity contribution in [3.8, 4) is 17.7 Å². The number of carbonyl (C=O) groups excluding carboxylic acids is 1. The number of aromatic carboxylic acids is 1. The summed E-state index contributed by atoms with van der Waals surface area (Å²) in [5, 5.41) is 19.0. The van der Waals surface area contributed by atoms with Gasteiger partial charge in [0.05, 0.1) is 11.3 Å². The molecule has 0 atom stereocenters. The Morgan fingerprint density at radius 3 is 2.48 bits per heavy atom. The van der Waals surface area contributed by atoms with Gasteiger partial charge < -0.3 is 14.7 Å². The highest BCUT2D eigenvalue weighted by atomic mass is 16.5. The second kappa shape index (κ2) is 9.56. The summed E-state index contributed by atoms with van der Waals surface area (Å²) in [7, 11) is 0. The van der Waals surface area contributed by atoms with Crippen molar-refractivity contribution in [2.75, 3.05) is 4.90 Å². The van der Waals surface area contributed by atoms with Gasteiger partial charge in [0.15, 0.2) is 0 Å². The van der Waals surface area contributed by atoms with Crippen LogP contribution in [-0.4, -0.2) is 33.0 Å². The number of nitriles is 1. The lowest BCUT2D eigenvalue weighted by Crippen LogP contribution is -2.42. The average Bonchev–Trinajstić information content (AvgIpc) is 2.75.